The SMILES string of the molecule is CCOC(C)CNS(=O)(=O)Cc1cccc(C(=O)O)c1. The van der Waals surface area contributed by atoms with Gasteiger partial charge in [0.1, 0.15) is 0 Å². The second-order valence-corrected chi connectivity index (χ2v) is 6.19. The van der Waals surface area contributed by atoms with Crippen molar-refractivity contribution in [3.8, 4) is 0 Å². The largest absolute Gasteiger partial charge is 0.478 e. The maximum atomic E-state index is 11.9. The normalized spacial score (nSPS) is 13.1. The molecule has 0 aromatic heterocycles. The zero-order valence-electron chi connectivity index (χ0n) is 11.5. The maximum Gasteiger partial charge on any atom is 0.335 e. The molecule has 20 heavy (non-hydrogen) atoms. The smallest absolute Gasteiger partial charge is 0.335 e. The number of carboxylic acids is 1. The lowest BCUT2D eigenvalue weighted by Crippen LogP contribution is -2.33. The zero-order chi connectivity index (χ0) is 15.2. The van der Waals surface area contributed by atoms with Crippen molar-refractivity contribution in [1.29, 1.82) is 0 Å². The van der Waals surface area contributed by atoms with Crippen LogP contribution in [-0.2, 0) is 20.5 Å². The van der Waals surface area contributed by atoms with E-state index in [0.717, 1.165) is 0 Å². The summed E-state index contributed by atoms with van der Waals surface area (Å²) < 4.78 is 31.4. The topological polar surface area (TPSA) is 92.7 Å². The van der Waals surface area contributed by atoms with Gasteiger partial charge in [0.15, 0.2) is 0 Å². The Kier molecular flexibility index (Phi) is 6.12. The molecule has 0 bridgehead atoms. The molecule has 1 aromatic carbocycles. The molecule has 0 saturated heterocycles. The highest BCUT2D eigenvalue weighted by Crippen LogP contribution is 2.09. The van der Waals surface area contributed by atoms with Gasteiger partial charge in [0, 0.05) is 13.2 Å². The molecule has 0 aliphatic rings. The van der Waals surface area contributed by atoms with Crippen LogP contribution in [0.1, 0.15) is 29.8 Å². The average molecular weight is 301 g/mol. The lowest BCUT2D eigenvalue weighted by molar-refractivity contribution is 0.0696. The molecule has 1 atom stereocenters. The summed E-state index contributed by atoms with van der Waals surface area (Å²) in [6, 6.07) is 5.88. The molecular weight excluding hydrogens is 282 g/mol. The third-order valence-corrected chi connectivity index (χ3v) is 3.89. The summed E-state index contributed by atoms with van der Waals surface area (Å²) in [6.45, 7) is 4.32. The molecule has 1 rings (SSSR count). The summed E-state index contributed by atoms with van der Waals surface area (Å²) >= 11 is 0. The van der Waals surface area contributed by atoms with Gasteiger partial charge >= 0.3 is 5.97 Å². The van der Waals surface area contributed by atoms with Gasteiger partial charge in [-0.25, -0.2) is 17.9 Å². The van der Waals surface area contributed by atoms with Gasteiger partial charge in [0.2, 0.25) is 10.0 Å². The number of carboxylic acid groups (broad SMARTS) is 1. The summed E-state index contributed by atoms with van der Waals surface area (Å²) in [4.78, 5) is 10.8. The highest BCUT2D eigenvalue weighted by Gasteiger charge is 2.14. The van der Waals surface area contributed by atoms with Gasteiger partial charge in [0.05, 0.1) is 17.4 Å². The molecule has 0 aliphatic heterocycles. The highest BCUT2D eigenvalue weighted by atomic mass is 32.2. The number of sulfonamides is 1. The molecular formula is C13H19NO5S. The third kappa shape index (κ3) is 5.68. The number of benzene rings is 1. The van der Waals surface area contributed by atoms with Gasteiger partial charge in [-0.05, 0) is 31.5 Å². The predicted molar refractivity (Wildman–Crippen MR) is 75.1 cm³/mol. The number of aromatic carboxylic acids is 1. The molecule has 0 aliphatic carbocycles. The van der Waals surface area contributed by atoms with Gasteiger partial charge in [0.25, 0.3) is 0 Å². The van der Waals surface area contributed by atoms with E-state index < -0.39 is 16.0 Å². The Hall–Kier alpha value is -1.44. The number of hydrogen-bond donors (Lipinski definition) is 2. The Morgan fingerprint density at radius 1 is 1.45 bits per heavy atom. The summed E-state index contributed by atoms with van der Waals surface area (Å²) in [6.07, 6.45) is -0.208. The number of hydrogen-bond acceptors (Lipinski definition) is 4. The van der Waals surface area contributed by atoms with Crippen molar-refractivity contribution in [3.05, 3.63) is 35.4 Å². The minimum absolute atomic E-state index is 0.0698. The first-order valence-corrected chi connectivity index (χ1v) is 7.90. The monoisotopic (exact) mass is 301 g/mol. The Labute approximate surface area is 118 Å². The molecule has 0 heterocycles. The minimum atomic E-state index is -3.51. The Morgan fingerprint density at radius 2 is 2.15 bits per heavy atom. The van der Waals surface area contributed by atoms with Crippen LogP contribution in [0.2, 0.25) is 0 Å². The first-order valence-electron chi connectivity index (χ1n) is 6.25. The molecule has 6 nitrogen and oxygen atoms in total. The van der Waals surface area contributed by atoms with E-state index >= 15 is 0 Å². The molecule has 112 valence electrons. The summed E-state index contributed by atoms with van der Waals surface area (Å²) in [5, 5.41) is 8.86. The van der Waals surface area contributed by atoms with Gasteiger partial charge in [-0.2, -0.15) is 0 Å². The van der Waals surface area contributed by atoms with Crippen LogP contribution in [-0.4, -0.2) is 38.7 Å². The van der Waals surface area contributed by atoms with Crippen LogP contribution in [0.5, 0.6) is 0 Å². The summed E-state index contributed by atoms with van der Waals surface area (Å²) in [7, 11) is -3.51. The van der Waals surface area contributed by atoms with Crippen molar-refractivity contribution in [1.82, 2.24) is 4.72 Å². The Bertz CT molecular complexity index is 556. The highest BCUT2D eigenvalue weighted by molar-refractivity contribution is 7.88. The van der Waals surface area contributed by atoms with E-state index in [4.69, 9.17) is 9.84 Å². The van der Waals surface area contributed by atoms with E-state index in [0.29, 0.717) is 12.2 Å². The van der Waals surface area contributed by atoms with Gasteiger partial charge < -0.3 is 9.84 Å². The second-order valence-electron chi connectivity index (χ2n) is 4.38. The van der Waals surface area contributed by atoms with Crippen LogP contribution in [0.25, 0.3) is 0 Å². The van der Waals surface area contributed by atoms with Crippen LogP contribution >= 0.6 is 0 Å². The van der Waals surface area contributed by atoms with E-state index in [9.17, 15) is 13.2 Å². The van der Waals surface area contributed by atoms with Crippen LogP contribution < -0.4 is 4.72 Å². The maximum absolute atomic E-state index is 11.9. The molecule has 1 aromatic rings. The number of nitrogens with one attached hydrogen (secondary N) is 1. The van der Waals surface area contributed by atoms with Crippen LogP contribution in [0.15, 0.2) is 24.3 Å². The molecule has 0 radical (unpaired) electrons. The van der Waals surface area contributed by atoms with Crippen LogP contribution in [0.4, 0.5) is 0 Å². The molecule has 7 heteroatoms. The molecule has 1 unspecified atom stereocenters. The average Bonchev–Trinajstić information content (AvgIpc) is 2.37. The van der Waals surface area contributed by atoms with E-state index in [1.807, 2.05) is 6.92 Å². The van der Waals surface area contributed by atoms with E-state index in [1.165, 1.54) is 18.2 Å². The van der Waals surface area contributed by atoms with E-state index in [-0.39, 0.29) is 24.0 Å². The van der Waals surface area contributed by atoms with Gasteiger partial charge in [-0.15, -0.1) is 0 Å². The van der Waals surface area contributed by atoms with Crippen molar-refractivity contribution in [2.75, 3.05) is 13.2 Å². The van der Waals surface area contributed by atoms with E-state index in [2.05, 4.69) is 4.72 Å². The Morgan fingerprint density at radius 3 is 2.75 bits per heavy atom. The van der Waals surface area contributed by atoms with Crippen molar-refractivity contribution in [2.45, 2.75) is 25.7 Å². The fourth-order valence-electron chi connectivity index (χ4n) is 1.65. The number of rotatable bonds is 8. The van der Waals surface area contributed by atoms with Crippen molar-refractivity contribution in [3.63, 3.8) is 0 Å². The van der Waals surface area contributed by atoms with E-state index in [1.54, 1.807) is 13.0 Å². The van der Waals surface area contributed by atoms with Crippen molar-refractivity contribution >= 4 is 16.0 Å². The van der Waals surface area contributed by atoms with Crippen LogP contribution in [0, 0.1) is 0 Å². The third-order valence-electron chi connectivity index (χ3n) is 2.57. The summed E-state index contributed by atoms with van der Waals surface area (Å²) in [5.41, 5.74) is 0.502. The number of ether oxygens (including phenoxy) is 1. The molecule has 2 N–H and O–H groups in total. The molecule has 0 spiro atoms. The fraction of sp³-hybridized carbons (Fsp3) is 0.462. The van der Waals surface area contributed by atoms with Gasteiger partial charge in [-0.1, -0.05) is 12.1 Å². The molecule has 0 saturated carbocycles. The zero-order valence-corrected chi connectivity index (χ0v) is 12.3. The van der Waals surface area contributed by atoms with Crippen molar-refractivity contribution in [2.24, 2.45) is 0 Å². The fourth-order valence-corrected chi connectivity index (χ4v) is 2.86. The number of carbonyl (C=O) groups is 1. The predicted octanol–water partition coefficient (Wildman–Crippen LogP) is 1.23. The molecule has 0 fully saturated rings. The Balaban J connectivity index is 2.66. The lowest BCUT2D eigenvalue weighted by atomic mass is 10.1. The first-order chi connectivity index (χ1) is 9.34. The van der Waals surface area contributed by atoms with Gasteiger partial charge in [-0.3, -0.25) is 0 Å². The quantitative estimate of drug-likeness (QED) is 0.753. The standard InChI is InChI=1S/C13H19NO5S/c1-3-19-10(2)8-14-20(17,18)9-11-5-4-6-12(7-11)13(15)16/h4-7,10,14H,3,8-9H2,1-2H3,(H,15,16). The summed E-state index contributed by atoms with van der Waals surface area (Å²) in [5.74, 6) is -1.34. The first kappa shape index (κ1) is 16.6. The van der Waals surface area contributed by atoms with Crippen molar-refractivity contribution < 1.29 is 23.1 Å². The second kappa shape index (κ2) is 7.37. The minimum Gasteiger partial charge on any atom is -0.478 e. The lowest BCUT2D eigenvalue weighted by Gasteiger charge is -2.13. The van der Waals surface area contributed by atoms with Crippen LogP contribution in [0.3, 0.4) is 0 Å². The molecule has 0 amide bonds.